The highest BCUT2D eigenvalue weighted by Crippen LogP contribution is 2.21. The van der Waals surface area contributed by atoms with Crippen LogP contribution >= 0.6 is 0 Å². The van der Waals surface area contributed by atoms with Crippen LogP contribution < -0.4 is 0 Å². The van der Waals surface area contributed by atoms with Crippen molar-refractivity contribution in [3.63, 3.8) is 0 Å². The first-order chi connectivity index (χ1) is 6.02. The third-order valence-corrected chi connectivity index (χ3v) is 1.74. The van der Waals surface area contributed by atoms with Gasteiger partial charge in [-0.15, -0.1) is 0 Å². The highest BCUT2D eigenvalue weighted by Gasteiger charge is 2.11. The highest BCUT2D eigenvalue weighted by molar-refractivity contribution is 5.60. The van der Waals surface area contributed by atoms with Gasteiger partial charge in [0, 0.05) is 17.2 Å². The summed E-state index contributed by atoms with van der Waals surface area (Å²) in [4.78, 5) is 10.0. The number of aliphatic hydroxyl groups excluding tert-OH is 1. The lowest BCUT2D eigenvalue weighted by atomic mass is 10.1. The van der Waals surface area contributed by atoms with E-state index in [1.807, 2.05) is 0 Å². The number of hydrogen-bond acceptors (Lipinski definition) is 3. The van der Waals surface area contributed by atoms with Gasteiger partial charge in [-0.25, -0.2) is 0 Å². The molecule has 0 radical (unpaired) electrons. The smallest absolute Gasteiger partial charge is 0.273 e. The van der Waals surface area contributed by atoms with E-state index in [4.69, 9.17) is 5.11 Å². The molecule has 0 aliphatic carbocycles. The number of nitro benzene ring substituents is 1. The number of nitro groups is 1. The second-order valence-electron chi connectivity index (χ2n) is 2.71. The molecule has 1 aromatic rings. The first-order valence-corrected chi connectivity index (χ1v) is 3.65. The van der Waals surface area contributed by atoms with Gasteiger partial charge in [0.2, 0.25) is 0 Å². The molecule has 0 aliphatic heterocycles. The molecule has 1 rings (SSSR count). The zero-order valence-electron chi connectivity index (χ0n) is 7.15. The van der Waals surface area contributed by atoms with Crippen molar-refractivity contribution in [1.82, 2.24) is 0 Å². The lowest BCUT2D eigenvalue weighted by Gasteiger charge is -2.00. The zero-order valence-corrected chi connectivity index (χ0v) is 7.15. The van der Waals surface area contributed by atoms with Crippen LogP contribution in [0.2, 0.25) is 0 Å². The molecular formula is C9H9NO3. The molecule has 0 amide bonds. The van der Waals surface area contributed by atoms with Gasteiger partial charge in [0.25, 0.3) is 5.69 Å². The normalized spacial score (nSPS) is 9.62. The Bertz CT molecular complexity index is 371. The molecule has 0 aromatic heterocycles. The first-order valence-electron chi connectivity index (χ1n) is 3.65. The predicted molar refractivity (Wildman–Crippen MR) is 49.5 cm³/mol. The van der Waals surface area contributed by atoms with Gasteiger partial charge in [0.15, 0.2) is 0 Å². The number of nitrogens with zero attached hydrogens (tertiary/aromatic N) is 1. The fraction of sp³-hybridized carbons (Fsp3) is 0.111. The number of rotatable bonds is 2. The molecule has 0 aliphatic rings. The lowest BCUT2D eigenvalue weighted by molar-refractivity contribution is -0.385. The summed E-state index contributed by atoms with van der Waals surface area (Å²) in [6, 6.07) is 4.47. The van der Waals surface area contributed by atoms with E-state index in [2.05, 4.69) is 6.58 Å². The van der Waals surface area contributed by atoms with Gasteiger partial charge >= 0.3 is 0 Å². The highest BCUT2D eigenvalue weighted by atomic mass is 16.6. The number of aliphatic hydroxyl groups is 1. The summed E-state index contributed by atoms with van der Waals surface area (Å²) in [5.41, 5.74) is 0.931. The summed E-state index contributed by atoms with van der Waals surface area (Å²) in [7, 11) is 0. The van der Waals surface area contributed by atoms with E-state index in [1.54, 1.807) is 19.1 Å². The minimum Gasteiger partial charge on any atom is -0.508 e. The van der Waals surface area contributed by atoms with Gasteiger partial charge in [-0.3, -0.25) is 10.1 Å². The second-order valence-corrected chi connectivity index (χ2v) is 2.71. The molecule has 4 heteroatoms. The number of hydrogen-bond donors (Lipinski definition) is 1. The molecule has 68 valence electrons. The molecular weight excluding hydrogens is 170 g/mol. The minimum atomic E-state index is -0.484. The fourth-order valence-electron chi connectivity index (χ4n) is 0.986. The van der Waals surface area contributed by atoms with Crippen LogP contribution in [-0.4, -0.2) is 10.0 Å². The van der Waals surface area contributed by atoms with Crippen molar-refractivity contribution in [3.05, 3.63) is 46.0 Å². The lowest BCUT2D eigenvalue weighted by Crippen LogP contribution is -1.93. The van der Waals surface area contributed by atoms with Crippen LogP contribution in [0.25, 0.3) is 5.76 Å². The van der Waals surface area contributed by atoms with Crippen molar-refractivity contribution >= 4 is 11.4 Å². The maximum absolute atomic E-state index is 10.5. The summed E-state index contributed by atoms with van der Waals surface area (Å²) < 4.78 is 0. The van der Waals surface area contributed by atoms with Crippen molar-refractivity contribution in [2.45, 2.75) is 6.92 Å². The Balaban J connectivity index is 3.27. The van der Waals surface area contributed by atoms with Gasteiger partial charge < -0.3 is 5.11 Å². The third kappa shape index (κ3) is 1.84. The van der Waals surface area contributed by atoms with Gasteiger partial charge in [-0.1, -0.05) is 18.7 Å². The molecule has 0 fully saturated rings. The topological polar surface area (TPSA) is 63.4 Å². The van der Waals surface area contributed by atoms with Crippen LogP contribution in [-0.2, 0) is 0 Å². The summed E-state index contributed by atoms with van der Waals surface area (Å²) in [5, 5.41) is 19.5. The standard InChI is InChI=1S/C9H9NO3/c1-6-3-4-8(7(2)11)5-9(6)10(12)13/h3-5,11H,2H2,1H3. The minimum absolute atomic E-state index is 0.00676. The Morgan fingerprint density at radius 1 is 1.62 bits per heavy atom. The van der Waals surface area contributed by atoms with Crippen molar-refractivity contribution in [2.24, 2.45) is 0 Å². The monoisotopic (exact) mass is 179 g/mol. The Labute approximate surface area is 75.3 Å². The molecule has 4 nitrogen and oxygen atoms in total. The zero-order chi connectivity index (χ0) is 10.0. The van der Waals surface area contributed by atoms with Crippen LogP contribution in [0.4, 0.5) is 5.69 Å². The second kappa shape index (κ2) is 3.26. The largest absolute Gasteiger partial charge is 0.508 e. The maximum Gasteiger partial charge on any atom is 0.273 e. The van der Waals surface area contributed by atoms with Gasteiger partial charge in [0.05, 0.1) is 4.92 Å². The summed E-state index contributed by atoms with van der Waals surface area (Å²) in [5.74, 6) is -0.164. The van der Waals surface area contributed by atoms with Crippen LogP contribution in [0.1, 0.15) is 11.1 Å². The molecule has 0 bridgehead atoms. The molecule has 1 N–H and O–H groups in total. The van der Waals surface area contributed by atoms with Crippen LogP contribution in [0.15, 0.2) is 24.8 Å². The van der Waals surface area contributed by atoms with E-state index in [0.717, 1.165) is 0 Å². The van der Waals surface area contributed by atoms with Gasteiger partial charge in [0.1, 0.15) is 5.76 Å². The van der Waals surface area contributed by atoms with E-state index in [-0.39, 0.29) is 11.4 Å². The van der Waals surface area contributed by atoms with E-state index < -0.39 is 4.92 Å². The molecule has 0 saturated carbocycles. The Morgan fingerprint density at radius 2 is 2.23 bits per heavy atom. The SMILES string of the molecule is C=C(O)c1ccc(C)c([N+](=O)[O-])c1. The average Bonchev–Trinajstić information content (AvgIpc) is 2.04. The summed E-state index contributed by atoms with van der Waals surface area (Å²) in [6.07, 6.45) is 0. The summed E-state index contributed by atoms with van der Waals surface area (Å²) >= 11 is 0. The Morgan fingerprint density at radius 3 is 2.69 bits per heavy atom. The van der Waals surface area contributed by atoms with Crippen LogP contribution in [0, 0.1) is 17.0 Å². The quantitative estimate of drug-likeness (QED) is 0.430. The summed E-state index contributed by atoms with van der Waals surface area (Å²) in [6.45, 7) is 4.93. The molecule has 0 atom stereocenters. The van der Waals surface area contributed by atoms with Crippen molar-refractivity contribution in [1.29, 1.82) is 0 Å². The van der Waals surface area contributed by atoms with E-state index >= 15 is 0 Å². The number of aryl methyl sites for hydroxylation is 1. The number of benzene rings is 1. The van der Waals surface area contributed by atoms with Gasteiger partial charge in [-0.05, 0) is 6.92 Å². The maximum atomic E-state index is 10.5. The van der Waals surface area contributed by atoms with Crippen LogP contribution in [0.5, 0.6) is 0 Å². The van der Waals surface area contributed by atoms with E-state index in [0.29, 0.717) is 11.1 Å². The average molecular weight is 179 g/mol. The van der Waals surface area contributed by atoms with Crippen molar-refractivity contribution < 1.29 is 10.0 Å². The third-order valence-electron chi connectivity index (χ3n) is 1.74. The molecule has 0 saturated heterocycles. The first kappa shape index (κ1) is 9.25. The molecule has 0 unspecified atom stereocenters. The van der Waals surface area contributed by atoms with Crippen molar-refractivity contribution in [3.8, 4) is 0 Å². The van der Waals surface area contributed by atoms with E-state index in [9.17, 15) is 10.1 Å². The van der Waals surface area contributed by atoms with Crippen molar-refractivity contribution in [2.75, 3.05) is 0 Å². The predicted octanol–water partition coefficient (Wildman–Crippen LogP) is 2.43. The molecule has 0 spiro atoms. The molecule has 0 heterocycles. The fourth-order valence-corrected chi connectivity index (χ4v) is 0.986. The van der Waals surface area contributed by atoms with Crippen LogP contribution in [0.3, 0.4) is 0 Å². The van der Waals surface area contributed by atoms with Gasteiger partial charge in [-0.2, -0.15) is 0 Å². The Kier molecular flexibility index (Phi) is 2.32. The Hall–Kier alpha value is -1.84. The molecule has 13 heavy (non-hydrogen) atoms. The molecule has 1 aromatic carbocycles. The van der Waals surface area contributed by atoms with E-state index in [1.165, 1.54) is 6.07 Å².